The lowest BCUT2D eigenvalue weighted by atomic mass is 10.2. The average Bonchev–Trinajstić information content (AvgIpc) is 2.39. The predicted octanol–water partition coefficient (Wildman–Crippen LogP) is 3.32. The standard InChI is InChI=1S/C15H11NO2/c17-15-9-7-11-6-8-13(10-14(11)16-15)18-12-4-2-1-3-5-12/h1-10H,(H,16,17). The minimum atomic E-state index is -0.112. The Morgan fingerprint density at radius 3 is 2.44 bits per heavy atom. The first-order valence-corrected chi connectivity index (χ1v) is 5.67. The maximum Gasteiger partial charge on any atom is 0.248 e. The Bertz CT molecular complexity index is 732. The third-order valence-electron chi connectivity index (χ3n) is 2.68. The van der Waals surface area contributed by atoms with E-state index < -0.39 is 0 Å². The van der Waals surface area contributed by atoms with Crippen LogP contribution in [0.2, 0.25) is 0 Å². The van der Waals surface area contributed by atoms with E-state index in [0.29, 0.717) is 5.75 Å². The second-order valence-corrected chi connectivity index (χ2v) is 3.99. The summed E-state index contributed by atoms with van der Waals surface area (Å²) in [5.41, 5.74) is 0.662. The number of nitrogens with one attached hydrogen (secondary N) is 1. The maximum atomic E-state index is 11.3. The SMILES string of the molecule is O=c1ccc2ccc(Oc3ccccc3)cc2[nH]1. The fourth-order valence-electron chi connectivity index (χ4n) is 1.82. The van der Waals surface area contributed by atoms with Crippen LogP contribution in [-0.2, 0) is 0 Å². The zero-order valence-corrected chi connectivity index (χ0v) is 9.59. The molecule has 0 aliphatic heterocycles. The Kier molecular flexibility index (Phi) is 2.57. The predicted molar refractivity (Wildman–Crippen MR) is 71.1 cm³/mol. The van der Waals surface area contributed by atoms with Crippen LogP contribution in [0.15, 0.2) is 65.5 Å². The van der Waals surface area contributed by atoms with Gasteiger partial charge in [-0.05, 0) is 35.7 Å². The zero-order chi connectivity index (χ0) is 12.4. The quantitative estimate of drug-likeness (QED) is 0.742. The molecule has 1 aromatic heterocycles. The number of para-hydroxylation sites is 1. The highest BCUT2D eigenvalue weighted by Crippen LogP contribution is 2.23. The molecule has 1 N–H and O–H groups in total. The first-order valence-electron chi connectivity index (χ1n) is 5.67. The summed E-state index contributed by atoms with van der Waals surface area (Å²) in [6.07, 6.45) is 0. The number of ether oxygens (including phenoxy) is 1. The summed E-state index contributed by atoms with van der Waals surface area (Å²) in [6.45, 7) is 0. The van der Waals surface area contributed by atoms with E-state index in [1.165, 1.54) is 6.07 Å². The molecule has 2 aromatic carbocycles. The summed E-state index contributed by atoms with van der Waals surface area (Å²) in [5.74, 6) is 1.48. The summed E-state index contributed by atoms with van der Waals surface area (Å²) in [4.78, 5) is 14.0. The van der Waals surface area contributed by atoms with Crippen LogP contribution < -0.4 is 10.3 Å². The molecule has 0 radical (unpaired) electrons. The van der Waals surface area contributed by atoms with E-state index in [1.807, 2.05) is 48.5 Å². The Morgan fingerprint density at radius 2 is 1.61 bits per heavy atom. The van der Waals surface area contributed by atoms with Crippen LogP contribution in [0.3, 0.4) is 0 Å². The first kappa shape index (κ1) is 10.6. The minimum absolute atomic E-state index is 0.112. The average molecular weight is 237 g/mol. The van der Waals surface area contributed by atoms with Gasteiger partial charge in [0, 0.05) is 12.1 Å². The lowest BCUT2D eigenvalue weighted by Gasteiger charge is -2.06. The van der Waals surface area contributed by atoms with Crippen LogP contribution in [0.4, 0.5) is 0 Å². The first-order chi connectivity index (χ1) is 8.81. The van der Waals surface area contributed by atoms with Gasteiger partial charge < -0.3 is 9.72 Å². The van der Waals surface area contributed by atoms with Crippen molar-refractivity contribution in [3.63, 3.8) is 0 Å². The van der Waals surface area contributed by atoms with Crippen LogP contribution in [0.1, 0.15) is 0 Å². The van der Waals surface area contributed by atoms with E-state index in [4.69, 9.17) is 4.74 Å². The van der Waals surface area contributed by atoms with Gasteiger partial charge in [-0.15, -0.1) is 0 Å². The normalized spacial score (nSPS) is 10.4. The van der Waals surface area contributed by atoms with Crippen molar-refractivity contribution in [2.24, 2.45) is 0 Å². The smallest absolute Gasteiger partial charge is 0.248 e. The van der Waals surface area contributed by atoms with Crippen LogP contribution >= 0.6 is 0 Å². The van der Waals surface area contributed by atoms with Crippen molar-refractivity contribution in [3.8, 4) is 11.5 Å². The van der Waals surface area contributed by atoms with E-state index in [1.54, 1.807) is 6.07 Å². The second-order valence-electron chi connectivity index (χ2n) is 3.99. The van der Waals surface area contributed by atoms with Crippen molar-refractivity contribution in [1.29, 1.82) is 0 Å². The molecule has 0 bridgehead atoms. The summed E-state index contributed by atoms with van der Waals surface area (Å²) in [7, 11) is 0. The second kappa shape index (κ2) is 4.37. The third kappa shape index (κ3) is 2.11. The van der Waals surface area contributed by atoms with Gasteiger partial charge >= 0.3 is 0 Å². The molecule has 0 atom stereocenters. The van der Waals surface area contributed by atoms with E-state index in [0.717, 1.165) is 16.7 Å². The van der Waals surface area contributed by atoms with Gasteiger partial charge in [-0.1, -0.05) is 18.2 Å². The molecular weight excluding hydrogens is 226 g/mol. The van der Waals surface area contributed by atoms with Crippen molar-refractivity contribution in [1.82, 2.24) is 4.98 Å². The van der Waals surface area contributed by atoms with Gasteiger partial charge in [0.25, 0.3) is 0 Å². The van der Waals surface area contributed by atoms with Crippen LogP contribution in [0.5, 0.6) is 11.5 Å². The molecule has 0 saturated carbocycles. The highest BCUT2D eigenvalue weighted by atomic mass is 16.5. The molecular formula is C15H11NO2. The highest BCUT2D eigenvalue weighted by molar-refractivity contribution is 5.79. The Labute approximate surface area is 104 Å². The monoisotopic (exact) mass is 237 g/mol. The molecule has 0 fully saturated rings. The van der Waals surface area contributed by atoms with Crippen molar-refractivity contribution in [2.75, 3.05) is 0 Å². The van der Waals surface area contributed by atoms with E-state index >= 15 is 0 Å². The van der Waals surface area contributed by atoms with E-state index in [9.17, 15) is 4.79 Å². The molecule has 18 heavy (non-hydrogen) atoms. The fourth-order valence-corrected chi connectivity index (χ4v) is 1.82. The van der Waals surface area contributed by atoms with Gasteiger partial charge in [0.1, 0.15) is 11.5 Å². The van der Waals surface area contributed by atoms with Crippen LogP contribution in [-0.4, -0.2) is 4.98 Å². The number of hydrogen-bond donors (Lipinski definition) is 1. The number of benzene rings is 2. The Balaban J connectivity index is 2.00. The molecule has 3 heteroatoms. The topological polar surface area (TPSA) is 42.1 Å². The van der Waals surface area contributed by atoms with E-state index in [-0.39, 0.29) is 5.56 Å². The molecule has 1 heterocycles. The Hall–Kier alpha value is -2.55. The highest BCUT2D eigenvalue weighted by Gasteiger charge is 1.99. The van der Waals surface area contributed by atoms with Crippen molar-refractivity contribution >= 4 is 10.9 Å². The molecule has 3 rings (SSSR count). The molecule has 0 unspecified atom stereocenters. The lowest BCUT2D eigenvalue weighted by molar-refractivity contribution is 0.483. The lowest BCUT2D eigenvalue weighted by Crippen LogP contribution is -2.02. The van der Waals surface area contributed by atoms with Gasteiger partial charge in [0.2, 0.25) is 5.56 Å². The number of aromatic amines is 1. The van der Waals surface area contributed by atoms with Gasteiger partial charge in [0.15, 0.2) is 0 Å². The molecule has 0 spiro atoms. The fraction of sp³-hybridized carbons (Fsp3) is 0. The molecule has 3 nitrogen and oxygen atoms in total. The van der Waals surface area contributed by atoms with Gasteiger partial charge in [-0.25, -0.2) is 0 Å². The summed E-state index contributed by atoms with van der Waals surface area (Å²) in [5, 5.41) is 0.981. The largest absolute Gasteiger partial charge is 0.457 e. The molecule has 0 aliphatic rings. The van der Waals surface area contributed by atoms with Crippen LogP contribution in [0.25, 0.3) is 10.9 Å². The summed E-state index contributed by atoms with van der Waals surface area (Å²) in [6, 6.07) is 18.5. The number of pyridine rings is 1. The van der Waals surface area contributed by atoms with Gasteiger partial charge in [-0.3, -0.25) is 4.79 Å². The molecule has 0 aliphatic carbocycles. The number of hydrogen-bond acceptors (Lipinski definition) is 2. The maximum absolute atomic E-state index is 11.3. The summed E-state index contributed by atoms with van der Waals surface area (Å²) < 4.78 is 5.70. The van der Waals surface area contributed by atoms with Crippen molar-refractivity contribution in [2.45, 2.75) is 0 Å². The minimum Gasteiger partial charge on any atom is -0.457 e. The number of H-pyrrole nitrogens is 1. The van der Waals surface area contributed by atoms with Crippen molar-refractivity contribution in [3.05, 3.63) is 71.0 Å². The van der Waals surface area contributed by atoms with Crippen LogP contribution in [0, 0.1) is 0 Å². The van der Waals surface area contributed by atoms with Gasteiger partial charge in [-0.2, -0.15) is 0 Å². The van der Waals surface area contributed by atoms with Crippen molar-refractivity contribution < 1.29 is 4.74 Å². The summed E-state index contributed by atoms with van der Waals surface area (Å²) >= 11 is 0. The Morgan fingerprint density at radius 1 is 0.833 bits per heavy atom. The molecule has 0 saturated heterocycles. The zero-order valence-electron chi connectivity index (χ0n) is 9.59. The third-order valence-corrected chi connectivity index (χ3v) is 2.68. The number of rotatable bonds is 2. The molecule has 0 amide bonds. The van der Waals surface area contributed by atoms with E-state index in [2.05, 4.69) is 4.98 Å². The number of aromatic nitrogens is 1. The number of fused-ring (bicyclic) bond motifs is 1. The molecule has 3 aromatic rings. The van der Waals surface area contributed by atoms with Gasteiger partial charge in [0.05, 0.1) is 5.52 Å². The molecule has 88 valence electrons.